The van der Waals surface area contributed by atoms with Gasteiger partial charge in [0.1, 0.15) is 0 Å². The van der Waals surface area contributed by atoms with Crippen LogP contribution in [0.4, 0.5) is 15.8 Å². The van der Waals surface area contributed by atoms with Crippen LogP contribution >= 0.6 is 0 Å². The Morgan fingerprint density at radius 1 is 1.40 bits per heavy atom. The number of rotatable bonds is 1. The van der Waals surface area contributed by atoms with Crippen molar-refractivity contribution in [2.75, 3.05) is 11.2 Å². The van der Waals surface area contributed by atoms with Crippen LogP contribution in [-0.4, -0.2) is 0 Å². The predicted octanol–water partition coefficient (Wildman–Crippen LogP) is 0.694. The summed E-state index contributed by atoms with van der Waals surface area (Å²) in [6, 6.07) is 4.59. The van der Waals surface area contributed by atoms with Crippen molar-refractivity contribution in [3.63, 3.8) is 0 Å². The van der Waals surface area contributed by atoms with Crippen LogP contribution in [0.5, 0.6) is 0 Å². The summed E-state index contributed by atoms with van der Waals surface area (Å²) in [6.45, 7) is 0. The van der Waals surface area contributed by atoms with Crippen molar-refractivity contribution < 1.29 is 4.39 Å². The highest BCUT2D eigenvalue weighted by atomic mass is 19.1. The lowest BCUT2D eigenvalue weighted by atomic mass is 10.3. The van der Waals surface area contributed by atoms with Gasteiger partial charge < -0.3 is 11.2 Å². The molecule has 0 aliphatic carbocycles. The third-order valence-electron chi connectivity index (χ3n) is 1.18. The molecule has 5 N–H and O–H groups in total. The van der Waals surface area contributed by atoms with Crippen molar-refractivity contribution in [1.29, 1.82) is 0 Å². The lowest BCUT2D eigenvalue weighted by Crippen LogP contribution is -2.09. The van der Waals surface area contributed by atoms with Gasteiger partial charge >= 0.3 is 0 Å². The highest BCUT2D eigenvalue weighted by Gasteiger charge is 2.01. The van der Waals surface area contributed by atoms with Crippen LogP contribution in [0.25, 0.3) is 0 Å². The molecule has 0 aliphatic heterocycles. The number of hydrazine groups is 1. The molecule has 0 spiro atoms. The second-order valence-electron chi connectivity index (χ2n) is 1.85. The number of hydrogen-bond donors (Lipinski definition) is 3. The minimum Gasteiger partial charge on any atom is -0.396 e. The van der Waals surface area contributed by atoms with Gasteiger partial charge in [-0.1, -0.05) is 6.07 Å². The van der Waals surface area contributed by atoms with E-state index >= 15 is 0 Å². The maximum absolute atomic E-state index is 12.7. The Labute approximate surface area is 57.8 Å². The van der Waals surface area contributed by atoms with Gasteiger partial charge in [0.25, 0.3) is 0 Å². The Bertz CT molecular complexity index is 236. The van der Waals surface area contributed by atoms with Crippen molar-refractivity contribution in [1.82, 2.24) is 0 Å². The van der Waals surface area contributed by atoms with Crippen molar-refractivity contribution in [3.05, 3.63) is 24.0 Å². The second kappa shape index (κ2) is 2.53. The topological polar surface area (TPSA) is 64.1 Å². The number of nitrogen functional groups attached to an aromatic ring is 2. The molecule has 0 saturated heterocycles. The Morgan fingerprint density at radius 2 is 2.10 bits per heavy atom. The van der Waals surface area contributed by atoms with E-state index in [2.05, 4.69) is 5.43 Å². The minimum atomic E-state index is -0.509. The molecule has 0 unspecified atom stereocenters. The monoisotopic (exact) mass is 141 g/mol. The maximum Gasteiger partial charge on any atom is 0.170 e. The zero-order chi connectivity index (χ0) is 7.56. The zero-order valence-corrected chi connectivity index (χ0v) is 5.26. The second-order valence-corrected chi connectivity index (χ2v) is 1.85. The van der Waals surface area contributed by atoms with Crippen molar-refractivity contribution in [2.45, 2.75) is 0 Å². The normalized spacial score (nSPS) is 9.40. The van der Waals surface area contributed by atoms with Crippen LogP contribution in [0.15, 0.2) is 18.2 Å². The molecule has 0 heterocycles. The van der Waals surface area contributed by atoms with Gasteiger partial charge in [-0.25, -0.2) is 4.39 Å². The fraction of sp³-hybridized carbons (Fsp3) is 0. The standard InChI is InChI=1S/C6H8FN3/c7-6-4(8)2-1-3-5(6)10-9/h1-3,10H,8-9H2. The molecule has 0 fully saturated rings. The number of halogens is 1. The molecular weight excluding hydrogens is 133 g/mol. The molecule has 1 rings (SSSR count). The van der Waals surface area contributed by atoms with Gasteiger partial charge in [-0.3, -0.25) is 5.84 Å². The Morgan fingerprint density at radius 3 is 2.60 bits per heavy atom. The first-order chi connectivity index (χ1) is 4.75. The lowest BCUT2D eigenvalue weighted by molar-refractivity contribution is 0.635. The van der Waals surface area contributed by atoms with Gasteiger partial charge in [-0.2, -0.15) is 0 Å². The van der Waals surface area contributed by atoms with Crippen molar-refractivity contribution >= 4 is 11.4 Å². The summed E-state index contributed by atoms with van der Waals surface area (Å²) in [4.78, 5) is 0. The SMILES string of the molecule is NNc1cccc(N)c1F. The summed E-state index contributed by atoms with van der Waals surface area (Å²) in [7, 11) is 0. The molecule has 1 aromatic rings. The summed E-state index contributed by atoms with van der Waals surface area (Å²) >= 11 is 0. The van der Waals surface area contributed by atoms with Gasteiger partial charge in [-0.05, 0) is 12.1 Å². The molecule has 54 valence electrons. The summed E-state index contributed by atoms with van der Waals surface area (Å²) in [5, 5.41) is 0. The minimum absolute atomic E-state index is 0.0930. The first-order valence-electron chi connectivity index (χ1n) is 2.76. The molecule has 3 nitrogen and oxygen atoms in total. The van der Waals surface area contributed by atoms with Gasteiger partial charge in [0.05, 0.1) is 11.4 Å². The Kier molecular flexibility index (Phi) is 1.73. The third-order valence-corrected chi connectivity index (χ3v) is 1.18. The van der Waals surface area contributed by atoms with E-state index in [4.69, 9.17) is 11.6 Å². The average molecular weight is 141 g/mol. The molecule has 0 aromatic heterocycles. The summed E-state index contributed by atoms with van der Waals surface area (Å²) < 4.78 is 12.7. The van der Waals surface area contributed by atoms with Gasteiger partial charge in [0.15, 0.2) is 5.82 Å². The van der Waals surface area contributed by atoms with Crippen LogP contribution in [0.3, 0.4) is 0 Å². The molecule has 0 saturated carbocycles. The molecule has 1 aromatic carbocycles. The molecule has 10 heavy (non-hydrogen) atoms. The van der Waals surface area contributed by atoms with E-state index < -0.39 is 5.82 Å². The fourth-order valence-electron chi connectivity index (χ4n) is 0.661. The van der Waals surface area contributed by atoms with Crippen molar-refractivity contribution in [2.24, 2.45) is 5.84 Å². The van der Waals surface area contributed by atoms with Crippen LogP contribution in [0.1, 0.15) is 0 Å². The number of nitrogens with one attached hydrogen (secondary N) is 1. The molecule has 0 bridgehead atoms. The maximum atomic E-state index is 12.7. The van der Waals surface area contributed by atoms with Gasteiger partial charge in [0.2, 0.25) is 0 Å². The lowest BCUT2D eigenvalue weighted by Gasteiger charge is -2.02. The molecular formula is C6H8FN3. The Hall–Kier alpha value is -1.29. The van der Waals surface area contributed by atoms with Gasteiger partial charge in [0, 0.05) is 0 Å². The van der Waals surface area contributed by atoms with Crippen LogP contribution in [0.2, 0.25) is 0 Å². The van der Waals surface area contributed by atoms with E-state index in [0.717, 1.165) is 0 Å². The summed E-state index contributed by atoms with van der Waals surface area (Å²) in [6.07, 6.45) is 0. The van der Waals surface area contributed by atoms with E-state index in [1.54, 1.807) is 6.07 Å². The number of anilines is 2. The average Bonchev–Trinajstić information content (AvgIpc) is 1.95. The molecule has 0 atom stereocenters. The summed E-state index contributed by atoms with van der Waals surface area (Å²) in [5.41, 5.74) is 7.71. The molecule has 0 aliphatic rings. The zero-order valence-electron chi connectivity index (χ0n) is 5.26. The predicted molar refractivity (Wildman–Crippen MR) is 38.6 cm³/mol. The third kappa shape index (κ3) is 1.01. The quantitative estimate of drug-likeness (QED) is 0.306. The van der Waals surface area contributed by atoms with E-state index in [1.807, 2.05) is 0 Å². The van der Waals surface area contributed by atoms with E-state index in [1.165, 1.54) is 12.1 Å². The number of nitrogens with two attached hydrogens (primary N) is 2. The van der Waals surface area contributed by atoms with Crippen LogP contribution in [-0.2, 0) is 0 Å². The Balaban J connectivity index is 3.14. The van der Waals surface area contributed by atoms with Crippen LogP contribution in [0, 0.1) is 5.82 Å². The molecule has 0 amide bonds. The molecule has 0 radical (unpaired) electrons. The highest BCUT2D eigenvalue weighted by molar-refractivity contribution is 5.55. The molecule has 4 heteroatoms. The van der Waals surface area contributed by atoms with E-state index in [0.29, 0.717) is 0 Å². The van der Waals surface area contributed by atoms with E-state index in [-0.39, 0.29) is 11.4 Å². The van der Waals surface area contributed by atoms with Gasteiger partial charge in [-0.15, -0.1) is 0 Å². The fourth-order valence-corrected chi connectivity index (χ4v) is 0.661. The summed E-state index contributed by atoms with van der Waals surface area (Å²) in [5.74, 6) is 4.46. The first kappa shape index (κ1) is 6.82. The number of hydrogen-bond acceptors (Lipinski definition) is 3. The van der Waals surface area contributed by atoms with Crippen molar-refractivity contribution in [3.8, 4) is 0 Å². The highest BCUT2D eigenvalue weighted by Crippen LogP contribution is 2.17. The van der Waals surface area contributed by atoms with E-state index in [9.17, 15) is 4.39 Å². The first-order valence-corrected chi connectivity index (χ1v) is 2.76. The largest absolute Gasteiger partial charge is 0.396 e. The smallest absolute Gasteiger partial charge is 0.170 e. The number of benzene rings is 1. The van der Waals surface area contributed by atoms with Crippen LogP contribution < -0.4 is 17.0 Å².